The molecule has 362 valence electrons. The van der Waals surface area contributed by atoms with Gasteiger partial charge in [-0.3, -0.25) is 0 Å². The molecule has 14 heteroatoms. The maximum Gasteiger partial charge on any atom is 0.240 e. The highest BCUT2D eigenvalue weighted by Gasteiger charge is 2.39. The van der Waals surface area contributed by atoms with Gasteiger partial charge < -0.3 is 0 Å². The Morgan fingerprint density at radius 1 is 0.280 bits per heavy atom. The monoisotopic (exact) mass is 976 g/mol. The van der Waals surface area contributed by atoms with E-state index in [4.69, 9.17) is 0 Å². The van der Waals surface area contributed by atoms with Gasteiger partial charge in [0, 0.05) is 16.2 Å². The summed E-state index contributed by atoms with van der Waals surface area (Å²) in [6, 6.07) is 40.3. The molecule has 0 fully saturated rings. The van der Waals surface area contributed by atoms with Gasteiger partial charge in [-0.15, -0.1) is 0 Å². The molecule has 14 nitrogen and oxygen atoms in total. The van der Waals surface area contributed by atoms with Gasteiger partial charge in [-0.1, -0.05) is 151 Å². The van der Waals surface area contributed by atoms with Gasteiger partial charge in [0.1, 0.15) is 50.6 Å². The lowest BCUT2D eigenvalue weighted by molar-refractivity contribution is 0.660. The Hall–Kier alpha value is -9.56. The number of benzene rings is 6. The van der Waals surface area contributed by atoms with Crippen molar-refractivity contribution >= 4 is 59.5 Å². The minimum absolute atomic E-state index is 0.186. The molecule has 0 unspecified atom stereocenters. The molecule has 6 aromatic carbocycles. The summed E-state index contributed by atoms with van der Waals surface area (Å²) in [4.78, 5) is 55.2. The third-order valence-electron chi connectivity index (χ3n) is 15.3. The summed E-state index contributed by atoms with van der Waals surface area (Å²) in [6.07, 6.45) is 20.7. The third-order valence-corrected chi connectivity index (χ3v) is 15.3. The zero-order valence-corrected chi connectivity index (χ0v) is 42.1. The Morgan fingerprint density at radius 3 is 0.733 bits per heavy atom. The Bertz CT molecular complexity index is 3600. The first-order valence-electron chi connectivity index (χ1n) is 24.8. The average Bonchev–Trinajstić information content (AvgIpc) is 4.05. The van der Waals surface area contributed by atoms with Crippen LogP contribution in [-0.4, -0.2) is 59.8 Å². The highest BCUT2D eigenvalue weighted by Crippen LogP contribution is 2.53. The molecule has 75 heavy (non-hydrogen) atoms. The molecule has 0 saturated heterocycles. The van der Waals surface area contributed by atoms with Crippen LogP contribution in [0, 0.1) is 0 Å². The number of hydrogen-bond donors (Lipinski definition) is 0. The first-order chi connectivity index (χ1) is 36.4. The summed E-state index contributed by atoms with van der Waals surface area (Å²) in [7, 11) is 0. The molecule has 0 amide bonds. The van der Waals surface area contributed by atoms with Gasteiger partial charge in [-0.25, -0.2) is 69.6 Å². The smallest absolute Gasteiger partial charge is 0.240 e. The first kappa shape index (κ1) is 45.3. The molecule has 3 aliphatic carbocycles. The molecule has 3 aliphatic rings. The van der Waals surface area contributed by atoms with Crippen molar-refractivity contribution in [1.29, 1.82) is 0 Å². The molecular formula is C61H48N14. The fraction of sp³-hybridized carbons (Fsp3) is 0.148. The van der Waals surface area contributed by atoms with Crippen LogP contribution in [-0.2, 0) is 16.2 Å². The largest absolute Gasteiger partial charge is 0.247 e. The molecule has 0 atom stereocenters. The average molecular weight is 977 g/mol. The quantitative estimate of drug-likeness (QED) is 0.119. The maximum absolute atomic E-state index is 4.43. The fourth-order valence-electron chi connectivity index (χ4n) is 11.4. The molecule has 13 rings (SSSR count). The standard InChI is InChI=1S/C61H48N14/c1-59(2)49-23-37(7-9-39-13-19-45-47-21-15-41(27-53(47)60(3,4)51(45)25-39)74(55-66-29-62-30-67-55)56-68-31-63-32-69-56)11-17-43(49)44-18-12-38(24-50(44)59)8-10-40-14-20-46-48-22-16-42(28-54(48)61(5,6)52(46)26-40)75(57-70-33-64-34-71-57)58-72-35-65-36-73-58/h7-36H,1-6H3/b9-7+,10-8+. The summed E-state index contributed by atoms with van der Waals surface area (Å²) in [5, 5.41) is 0. The maximum atomic E-state index is 4.43. The van der Waals surface area contributed by atoms with Crippen LogP contribution < -0.4 is 9.80 Å². The van der Waals surface area contributed by atoms with Crippen molar-refractivity contribution in [3.8, 4) is 33.4 Å². The number of anilines is 6. The van der Waals surface area contributed by atoms with Gasteiger partial charge in [-0.05, 0) is 113 Å². The second-order valence-electron chi connectivity index (χ2n) is 20.6. The zero-order valence-electron chi connectivity index (χ0n) is 42.1. The number of aromatic nitrogens is 12. The van der Waals surface area contributed by atoms with E-state index in [9.17, 15) is 0 Å². The van der Waals surface area contributed by atoms with Crippen LogP contribution >= 0.6 is 0 Å². The van der Waals surface area contributed by atoms with Gasteiger partial charge in [0.2, 0.25) is 23.8 Å². The van der Waals surface area contributed by atoms with Crippen molar-refractivity contribution in [1.82, 2.24) is 59.8 Å². The van der Waals surface area contributed by atoms with E-state index in [0.29, 0.717) is 23.8 Å². The van der Waals surface area contributed by atoms with Crippen molar-refractivity contribution in [2.24, 2.45) is 0 Å². The molecule has 10 aromatic rings. The Kier molecular flexibility index (Phi) is 10.5. The molecule has 0 aliphatic heterocycles. The number of hydrogen-bond acceptors (Lipinski definition) is 14. The van der Waals surface area contributed by atoms with Gasteiger partial charge in [-0.2, -0.15) is 0 Å². The van der Waals surface area contributed by atoms with Crippen LogP contribution in [0.2, 0.25) is 0 Å². The number of fused-ring (bicyclic) bond motifs is 9. The van der Waals surface area contributed by atoms with E-state index in [1.807, 2.05) is 9.80 Å². The van der Waals surface area contributed by atoms with Crippen molar-refractivity contribution in [3.63, 3.8) is 0 Å². The van der Waals surface area contributed by atoms with Gasteiger partial charge in [0.25, 0.3) is 0 Å². The summed E-state index contributed by atoms with van der Waals surface area (Å²) in [5.41, 5.74) is 20.7. The minimum Gasteiger partial charge on any atom is -0.247 e. The summed E-state index contributed by atoms with van der Waals surface area (Å²) < 4.78 is 0. The van der Waals surface area contributed by atoms with E-state index in [0.717, 1.165) is 22.5 Å². The summed E-state index contributed by atoms with van der Waals surface area (Å²) in [6.45, 7) is 13.8. The minimum atomic E-state index is -0.276. The molecule has 0 N–H and O–H groups in total. The number of rotatable bonds is 10. The second kappa shape index (κ2) is 17.3. The molecule has 4 heterocycles. The van der Waals surface area contributed by atoms with Crippen LogP contribution in [0.3, 0.4) is 0 Å². The molecule has 4 aromatic heterocycles. The second-order valence-corrected chi connectivity index (χ2v) is 20.6. The van der Waals surface area contributed by atoms with Crippen LogP contribution in [0.1, 0.15) is 97.2 Å². The Morgan fingerprint density at radius 2 is 0.493 bits per heavy atom. The lowest BCUT2D eigenvalue weighted by Gasteiger charge is -2.25. The SMILES string of the molecule is CC1(C)c2cc(/C=C/c3ccc4c(c3)C(C)(C)c3cc(N(c5ncncn5)c5ncncn5)ccc3-4)ccc2-c2ccc(/C=C/c3ccc4c(c3)C(C)(C)c3cc(N(c5ncncn5)c5ncncn5)ccc3-4)cc21. The first-order valence-corrected chi connectivity index (χ1v) is 24.8. The summed E-state index contributed by atoms with van der Waals surface area (Å²) in [5.74, 6) is 1.70. The Balaban J connectivity index is 0.731. The van der Waals surface area contributed by atoms with Gasteiger partial charge >= 0.3 is 0 Å². The molecule has 0 bridgehead atoms. The van der Waals surface area contributed by atoms with Crippen molar-refractivity contribution in [2.75, 3.05) is 9.80 Å². The molecular weight excluding hydrogens is 929 g/mol. The third kappa shape index (κ3) is 7.55. The van der Waals surface area contributed by atoms with Crippen LogP contribution in [0.25, 0.3) is 57.7 Å². The fourth-order valence-corrected chi connectivity index (χ4v) is 11.4. The molecule has 0 radical (unpaired) electrons. The molecule has 0 saturated carbocycles. The lowest BCUT2D eigenvalue weighted by atomic mass is 9.81. The van der Waals surface area contributed by atoms with E-state index >= 15 is 0 Å². The van der Waals surface area contributed by atoms with E-state index in [1.54, 1.807) is 0 Å². The van der Waals surface area contributed by atoms with Gasteiger partial charge in [0.05, 0.1) is 11.4 Å². The van der Waals surface area contributed by atoms with Crippen molar-refractivity contribution in [2.45, 2.75) is 57.8 Å². The highest BCUT2D eigenvalue weighted by atomic mass is 15.4. The predicted octanol–water partition coefficient (Wildman–Crippen LogP) is 12.6. The molecule has 0 spiro atoms. The van der Waals surface area contributed by atoms with E-state index in [2.05, 4.69) is 235 Å². The van der Waals surface area contributed by atoms with Crippen molar-refractivity contribution < 1.29 is 0 Å². The van der Waals surface area contributed by atoms with E-state index in [-0.39, 0.29) is 16.2 Å². The number of nitrogens with zero attached hydrogens (tertiary/aromatic N) is 14. The van der Waals surface area contributed by atoms with E-state index in [1.165, 1.54) is 129 Å². The lowest BCUT2D eigenvalue weighted by Crippen LogP contribution is -2.19. The Labute approximate surface area is 433 Å². The van der Waals surface area contributed by atoms with Crippen LogP contribution in [0.15, 0.2) is 160 Å². The normalized spacial score (nSPS) is 14.7. The summed E-state index contributed by atoms with van der Waals surface area (Å²) >= 11 is 0. The predicted molar refractivity (Wildman–Crippen MR) is 293 cm³/mol. The van der Waals surface area contributed by atoms with Gasteiger partial charge in [0.15, 0.2) is 0 Å². The van der Waals surface area contributed by atoms with E-state index < -0.39 is 0 Å². The van der Waals surface area contributed by atoms with Crippen LogP contribution in [0.4, 0.5) is 35.2 Å². The highest BCUT2D eigenvalue weighted by molar-refractivity contribution is 5.89. The van der Waals surface area contributed by atoms with Crippen molar-refractivity contribution in [3.05, 3.63) is 215 Å². The topological polar surface area (TPSA) is 161 Å². The van der Waals surface area contributed by atoms with Crippen LogP contribution in [0.5, 0.6) is 0 Å². The zero-order chi connectivity index (χ0) is 51.1.